The van der Waals surface area contributed by atoms with Crippen LogP contribution in [-0.4, -0.2) is 26.4 Å². The van der Waals surface area contributed by atoms with Crippen LogP contribution in [0.25, 0.3) is 6.08 Å². The summed E-state index contributed by atoms with van der Waals surface area (Å²) in [6.45, 7) is -0.0575. The number of anilines is 1. The molecule has 0 aliphatic rings. The first-order chi connectivity index (χ1) is 11.8. The molecule has 0 aliphatic carbocycles. The molecule has 9 nitrogen and oxygen atoms in total. The summed E-state index contributed by atoms with van der Waals surface area (Å²) in [5.74, 6) is -1.29. The molecule has 0 unspecified atom stereocenters. The van der Waals surface area contributed by atoms with E-state index in [1.807, 2.05) is 0 Å². The number of carboxylic acids is 1. The van der Waals surface area contributed by atoms with E-state index in [2.05, 4.69) is 4.84 Å². The van der Waals surface area contributed by atoms with Crippen LogP contribution in [0.4, 0.5) is 5.69 Å². The van der Waals surface area contributed by atoms with E-state index in [1.54, 1.807) is 24.3 Å². The second-order valence-corrected chi connectivity index (χ2v) is 4.70. The zero-order valence-corrected chi connectivity index (χ0v) is 12.9. The van der Waals surface area contributed by atoms with Crippen LogP contribution in [0, 0.1) is 10.1 Å². The quantitative estimate of drug-likeness (QED) is 0.277. The van der Waals surface area contributed by atoms with Gasteiger partial charge >= 0.3 is 5.97 Å². The topological polar surface area (TPSA) is 156 Å². The summed E-state index contributed by atoms with van der Waals surface area (Å²) in [4.78, 5) is 24.1. The Bertz CT molecular complexity index is 755. The van der Waals surface area contributed by atoms with Crippen molar-refractivity contribution in [1.29, 1.82) is 0 Å². The molecule has 0 radical (unpaired) electrons. The number of carboxylic acid groups (broad SMARTS) is 1. The highest BCUT2D eigenvalue weighted by atomic mass is 16.9. The van der Waals surface area contributed by atoms with Crippen LogP contribution >= 0.6 is 0 Å². The maximum atomic E-state index is 10.1. The SMILES string of the molecule is Nc1cccc(CO[N+](=O)[O-])c1.O=C(O)C=Cc1cc(O)cc(O)c1. The number of carbonyl (C=O) groups is 1. The molecular weight excluding hydrogens is 332 g/mol. The molecule has 0 heterocycles. The molecule has 0 bridgehead atoms. The minimum Gasteiger partial charge on any atom is -0.508 e. The third-order valence-corrected chi connectivity index (χ3v) is 2.63. The lowest BCUT2D eigenvalue weighted by molar-refractivity contribution is -0.763. The van der Waals surface area contributed by atoms with Crippen molar-refractivity contribution in [1.82, 2.24) is 0 Å². The van der Waals surface area contributed by atoms with E-state index in [0.29, 0.717) is 16.8 Å². The predicted molar refractivity (Wildman–Crippen MR) is 89.1 cm³/mol. The van der Waals surface area contributed by atoms with E-state index in [0.717, 1.165) is 12.1 Å². The van der Waals surface area contributed by atoms with Crippen molar-refractivity contribution in [2.75, 3.05) is 5.73 Å². The Morgan fingerprint density at radius 2 is 1.84 bits per heavy atom. The average Bonchev–Trinajstić information content (AvgIpc) is 2.51. The first-order valence-electron chi connectivity index (χ1n) is 6.82. The number of nitrogens with two attached hydrogens (primary N) is 1. The number of nitrogen functional groups attached to an aromatic ring is 1. The van der Waals surface area contributed by atoms with E-state index in [4.69, 9.17) is 21.1 Å². The zero-order chi connectivity index (χ0) is 18.8. The summed E-state index contributed by atoms with van der Waals surface area (Å²) < 4.78 is 0. The molecule has 5 N–H and O–H groups in total. The maximum absolute atomic E-state index is 10.1. The number of aromatic hydroxyl groups is 2. The first-order valence-corrected chi connectivity index (χ1v) is 6.82. The van der Waals surface area contributed by atoms with Gasteiger partial charge in [0.25, 0.3) is 5.09 Å². The van der Waals surface area contributed by atoms with Gasteiger partial charge in [-0.05, 0) is 41.5 Å². The Labute approximate surface area is 142 Å². The van der Waals surface area contributed by atoms with E-state index in [1.165, 1.54) is 18.2 Å². The minimum absolute atomic E-state index is 0.0575. The Hall–Kier alpha value is -3.75. The molecule has 2 aromatic carbocycles. The molecule has 132 valence electrons. The summed E-state index contributed by atoms with van der Waals surface area (Å²) in [5, 5.41) is 35.3. The molecule has 0 atom stereocenters. The van der Waals surface area contributed by atoms with Crippen LogP contribution in [-0.2, 0) is 16.2 Å². The molecule has 2 rings (SSSR count). The molecule has 25 heavy (non-hydrogen) atoms. The molecule has 0 fully saturated rings. The number of rotatable bonds is 5. The Morgan fingerprint density at radius 3 is 2.36 bits per heavy atom. The molecule has 0 amide bonds. The molecule has 2 aromatic rings. The van der Waals surface area contributed by atoms with Gasteiger partial charge in [0.05, 0.1) is 0 Å². The van der Waals surface area contributed by atoms with E-state index >= 15 is 0 Å². The van der Waals surface area contributed by atoms with Crippen molar-refractivity contribution in [3.05, 3.63) is 69.8 Å². The van der Waals surface area contributed by atoms with Gasteiger partial charge < -0.3 is 25.9 Å². The van der Waals surface area contributed by atoms with Gasteiger partial charge in [0.15, 0.2) is 0 Å². The van der Waals surface area contributed by atoms with Crippen molar-refractivity contribution in [3.8, 4) is 11.5 Å². The summed E-state index contributed by atoms with van der Waals surface area (Å²) in [7, 11) is 0. The molecule has 0 aliphatic heterocycles. The number of hydrogen-bond acceptors (Lipinski definition) is 7. The fourth-order valence-corrected chi connectivity index (χ4v) is 1.69. The molecular formula is C16H16N2O7. The average molecular weight is 348 g/mol. The Morgan fingerprint density at radius 1 is 1.20 bits per heavy atom. The molecule has 0 aromatic heterocycles. The summed E-state index contributed by atoms with van der Waals surface area (Å²) in [5.41, 5.74) is 7.13. The van der Waals surface area contributed by atoms with Crippen LogP contribution in [0.1, 0.15) is 11.1 Å². The van der Waals surface area contributed by atoms with Gasteiger partial charge in [-0.1, -0.05) is 12.1 Å². The number of hydrogen-bond donors (Lipinski definition) is 4. The lowest BCUT2D eigenvalue weighted by atomic mass is 10.2. The highest BCUT2D eigenvalue weighted by molar-refractivity contribution is 5.85. The number of phenolic OH excluding ortho intramolecular Hbond substituents is 2. The number of nitrogens with zero attached hydrogens (tertiary/aromatic N) is 1. The fourth-order valence-electron chi connectivity index (χ4n) is 1.69. The summed E-state index contributed by atoms with van der Waals surface area (Å²) >= 11 is 0. The lowest BCUT2D eigenvalue weighted by Crippen LogP contribution is -2.00. The molecule has 0 saturated carbocycles. The van der Waals surface area contributed by atoms with E-state index in [9.17, 15) is 14.9 Å². The van der Waals surface area contributed by atoms with Crippen LogP contribution in [0.3, 0.4) is 0 Å². The van der Waals surface area contributed by atoms with Gasteiger partial charge in [-0.15, -0.1) is 10.1 Å². The highest BCUT2D eigenvalue weighted by Gasteiger charge is 1.97. The van der Waals surface area contributed by atoms with Gasteiger partial charge in [0.1, 0.15) is 18.1 Å². The monoisotopic (exact) mass is 348 g/mol. The first kappa shape index (κ1) is 19.3. The second-order valence-electron chi connectivity index (χ2n) is 4.70. The van der Waals surface area contributed by atoms with Crippen molar-refractivity contribution in [3.63, 3.8) is 0 Å². The smallest absolute Gasteiger partial charge is 0.328 e. The summed E-state index contributed by atoms with van der Waals surface area (Å²) in [6, 6.07) is 10.6. The summed E-state index contributed by atoms with van der Waals surface area (Å²) in [6.07, 6.45) is 2.20. The second kappa shape index (κ2) is 9.40. The van der Waals surface area contributed by atoms with E-state index in [-0.39, 0.29) is 18.1 Å². The number of aliphatic carboxylic acids is 1. The molecule has 0 spiro atoms. The van der Waals surface area contributed by atoms with Gasteiger partial charge in [0, 0.05) is 17.8 Å². The fraction of sp³-hybridized carbons (Fsp3) is 0.0625. The van der Waals surface area contributed by atoms with E-state index < -0.39 is 11.1 Å². The third kappa shape index (κ3) is 8.45. The van der Waals surface area contributed by atoms with Gasteiger partial charge in [-0.2, -0.15) is 0 Å². The van der Waals surface area contributed by atoms with Gasteiger partial charge in [-0.25, -0.2) is 4.79 Å². The molecule has 0 saturated heterocycles. The van der Waals surface area contributed by atoms with Crippen LogP contribution < -0.4 is 5.73 Å². The Balaban J connectivity index is 0.000000251. The van der Waals surface area contributed by atoms with Gasteiger partial charge in [-0.3, -0.25) is 0 Å². The van der Waals surface area contributed by atoms with Crippen LogP contribution in [0.15, 0.2) is 48.5 Å². The molecule has 9 heteroatoms. The standard InChI is InChI=1S/C9H8O4.C7H8N2O3/c10-7-3-6(1-2-9(12)13)4-8(11)5-7;8-7-3-1-2-6(4-7)5-12-9(10)11/h1-5,10-11H,(H,12,13);1-4H,5,8H2. The largest absolute Gasteiger partial charge is 0.508 e. The lowest BCUT2D eigenvalue weighted by Gasteiger charge is -1.99. The van der Waals surface area contributed by atoms with Crippen molar-refractivity contribution in [2.45, 2.75) is 6.61 Å². The minimum atomic E-state index is -1.08. The van der Waals surface area contributed by atoms with Gasteiger partial charge in [0.2, 0.25) is 0 Å². The Kier molecular flexibility index (Phi) is 7.26. The highest BCUT2D eigenvalue weighted by Crippen LogP contribution is 2.21. The number of phenols is 2. The van der Waals surface area contributed by atoms with Crippen molar-refractivity contribution >= 4 is 17.7 Å². The van der Waals surface area contributed by atoms with Crippen molar-refractivity contribution < 1.29 is 30.0 Å². The van der Waals surface area contributed by atoms with Crippen molar-refractivity contribution in [2.24, 2.45) is 0 Å². The third-order valence-electron chi connectivity index (χ3n) is 2.63. The van der Waals surface area contributed by atoms with Crippen LogP contribution in [0.5, 0.6) is 11.5 Å². The number of benzene rings is 2. The van der Waals surface area contributed by atoms with Crippen LogP contribution in [0.2, 0.25) is 0 Å². The maximum Gasteiger partial charge on any atom is 0.328 e. The normalized spacial score (nSPS) is 9.92. The zero-order valence-electron chi connectivity index (χ0n) is 12.9. The predicted octanol–water partition coefficient (Wildman–Crippen LogP) is 2.17.